The van der Waals surface area contributed by atoms with Gasteiger partial charge in [-0.2, -0.15) is 0 Å². The zero-order chi connectivity index (χ0) is 28.1. The number of aromatic nitrogens is 1. The molecule has 0 spiro atoms. The van der Waals surface area contributed by atoms with Gasteiger partial charge in [0.25, 0.3) is 0 Å². The Balaban J connectivity index is 1.81. The third-order valence-corrected chi connectivity index (χ3v) is 8.70. The molecule has 2 rings (SSSR count). The van der Waals surface area contributed by atoms with Crippen molar-refractivity contribution < 1.29 is 34.8 Å². The smallest absolute Gasteiger partial charge is 0.306 e. The highest BCUT2D eigenvalue weighted by Crippen LogP contribution is 2.44. The number of ketones is 1. The van der Waals surface area contributed by atoms with Crippen molar-refractivity contribution in [2.24, 2.45) is 23.0 Å². The molecule has 1 aliphatic heterocycles. The number of nitrogens with zero attached hydrogens (tertiary/aromatic N) is 1. The highest BCUT2D eigenvalue weighted by molar-refractivity contribution is 7.09. The SMILES string of the molecule is C/C(=C\c1csc(CO)n1)[C@@H](N)C[C@@H]1O[C@]1(C)CCC[C@H](C)[C@H](O)[C@@H](C)C(=O)C(C)(C)[C@@H](O)CC(=O)O. The Morgan fingerprint density at radius 2 is 1.97 bits per heavy atom. The van der Waals surface area contributed by atoms with Gasteiger partial charge in [0, 0.05) is 17.3 Å². The normalized spacial score (nSPS) is 24.3. The van der Waals surface area contributed by atoms with Gasteiger partial charge in [-0.05, 0) is 45.1 Å². The quantitative estimate of drug-likeness (QED) is 0.198. The van der Waals surface area contributed by atoms with Crippen LogP contribution in [0, 0.1) is 17.3 Å². The fraction of sp³-hybridized carbons (Fsp3) is 0.741. The van der Waals surface area contributed by atoms with Gasteiger partial charge < -0.3 is 30.9 Å². The summed E-state index contributed by atoms with van der Waals surface area (Å²) in [4.78, 5) is 28.2. The molecule has 10 heteroatoms. The Morgan fingerprint density at radius 1 is 1.32 bits per heavy atom. The number of carboxylic acids is 1. The summed E-state index contributed by atoms with van der Waals surface area (Å²) >= 11 is 1.41. The summed E-state index contributed by atoms with van der Waals surface area (Å²) in [5.41, 5.74) is 6.65. The summed E-state index contributed by atoms with van der Waals surface area (Å²) in [5, 5.41) is 41.7. The predicted octanol–water partition coefficient (Wildman–Crippen LogP) is 3.15. The number of nitrogens with two attached hydrogens (primary N) is 1. The van der Waals surface area contributed by atoms with Crippen molar-refractivity contribution in [1.82, 2.24) is 4.98 Å². The average Bonchev–Trinajstić information content (AvgIpc) is 3.23. The fourth-order valence-corrected chi connectivity index (χ4v) is 5.40. The zero-order valence-electron chi connectivity index (χ0n) is 22.8. The number of carbonyl (C=O) groups is 2. The first-order valence-electron chi connectivity index (χ1n) is 12.9. The van der Waals surface area contributed by atoms with E-state index < -0.39 is 35.9 Å². The molecule has 1 aliphatic rings. The van der Waals surface area contributed by atoms with E-state index in [9.17, 15) is 24.9 Å². The molecule has 0 aliphatic carbocycles. The van der Waals surface area contributed by atoms with Crippen molar-refractivity contribution in [2.75, 3.05) is 0 Å². The maximum absolute atomic E-state index is 12.9. The van der Waals surface area contributed by atoms with Crippen LogP contribution in [-0.4, -0.2) is 67.1 Å². The number of rotatable bonds is 16. The van der Waals surface area contributed by atoms with Gasteiger partial charge in [-0.15, -0.1) is 11.3 Å². The summed E-state index contributed by atoms with van der Waals surface area (Å²) in [6.45, 7) is 10.5. The molecule has 0 saturated carbocycles. The topological polar surface area (TPSA) is 166 Å². The van der Waals surface area contributed by atoms with Crippen LogP contribution in [0.2, 0.25) is 0 Å². The molecular formula is C27H44N2O7S. The van der Waals surface area contributed by atoms with Crippen LogP contribution in [0.5, 0.6) is 0 Å². The van der Waals surface area contributed by atoms with Crippen LogP contribution >= 0.6 is 11.3 Å². The molecule has 0 radical (unpaired) electrons. The standard InChI is InChI=1S/C27H44N2O7S/c1-15(24(34)17(3)25(35)26(4,5)20(31)12-23(32)33)8-7-9-27(6)21(36-27)11-19(28)16(2)10-18-14-37-22(13-30)29-18/h10,14-15,17,19-21,24,30-31,34H,7-9,11-13,28H2,1-6H3,(H,32,33)/b16-10+/t15-,17+,19-,20-,21-,24-,27+/m0/s1. The number of carboxylic acid groups (broad SMARTS) is 1. The number of hydrogen-bond acceptors (Lipinski definition) is 9. The van der Waals surface area contributed by atoms with E-state index in [0.29, 0.717) is 17.8 Å². The summed E-state index contributed by atoms with van der Waals surface area (Å²) in [5.74, 6) is -2.40. The first-order chi connectivity index (χ1) is 17.1. The molecule has 1 aromatic rings. The van der Waals surface area contributed by atoms with Gasteiger partial charge in [-0.25, -0.2) is 4.98 Å². The molecule has 1 aromatic heterocycles. The highest BCUT2D eigenvalue weighted by Gasteiger charge is 2.51. The lowest BCUT2D eigenvalue weighted by atomic mass is 9.73. The predicted molar refractivity (Wildman–Crippen MR) is 143 cm³/mol. The summed E-state index contributed by atoms with van der Waals surface area (Å²) in [7, 11) is 0. The van der Waals surface area contributed by atoms with Gasteiger partial charge in [0.1, 0.15) is 10.8 Å². The molecule has 210 valence electrons. The Bertz CT molecular complexity index is 962. The molecule has 9 nitrogen and oxygen atoms in total. The number of hydrogen-bond donors (Lipinski definition) is 5. The molecule has 2 heterocycles. The van der Waals surface area contributed by atoms with Gasteiger partial charge >= 0.3 is 5.97 Å². The van der Waals surface area contributed by atoms with E-state index in [0.717, 1.165) is 24.1 Å². The summed E-state index contributed by atoms with van der Waals surface area (Å²) < 4.78 is 5.98. The molecule has 1 fully saturated rings. The van der Waals surface area contributed by atoms with E-state index in [-0.39, 0.29) is 36.1 Å². The van der Waals surface area contributed by atoms with Crippen LogP contribution in [-0.2, 0) is 20.9 Å². The molecule has 0 unspecified atom stereocenters. The molecule has 0 aromatic carbocycles. The Kier molecular flexibility index (Phi) is 11.0. The molecule has 1 saturated heterocycles. The van der Waals surface area contributed by atoms with Crippen LogP contribution in [0.1, 0.15) is 84.3 Å². The Labute approximate surface area is 223 Å². The third-order valence-electron chi connectivity index (χ3n) is 7.85. The minimum Gasteiger partial charge on any atom is -0.481 e. The highest BCUT2D eigenvalue weighted by atomic mass is 32.1. The lowest BCUT2D eigenvalue weighted by Crippen LogP contribution is -2.45. The zero-order valence-corrected chi connectivity index (χ0v) is 23.6. The lowest BCUT2D eigenvalue weighted by molar-refractivity contribution is -0.147. The largest absolute Gasteiger partial charge is 0.481 e. The fourth-order valence-electron chi connectivity index (χ4n) is 4.79. The van der Waals surface area contributed by atoms with Crippen LogP contribution < -0.4 is 5.73 Å². The molecular weight excluding hydrogens is 496 g/mol. The van der Waals surface area contributed by atoms with E-state index >= 15 is 0 Å². The number of epoxide rings is 1. The van der Waals surface area contributed by atoms with Crippen molar-refractivity contribution in [2.45, 2.75) is 110 Å². The summed E-state index contributed by atoms with van der Waals surface area (Å²) in [6.07, 6.45) is 2.25. The van der Waals surface area contributed by atoms with Gasteiger partial charge in [-0.1, -0.05) is 39.7 Å². The molecule has 6 N–H and O–H groups in total. The van der Waals surface area contributed by atoms with E-state index in [4.69, 9.17) is 15.6 Å². The van der Waals surface area contributed by atoms with Crippen molar-refractivity contribution >= 4 is 29.2 Å². The van der Waals surface area contributed by atoms with Crippen LogP contribution in [0.3, 0.4) is 0 Å². The number of aliphatic carboxylic acids is 1. The van der Waals surface area contributed by atoms with Gasteiger partial charge in [0.2, 0.25) is 0 Å². The number of aliphatic hydroxyl groups is 3. The molecule has 0 bridgehead atoms. The minimum atomic E-state index is -1.32. The number of ether oxygens (including phenoxy) is 1. The number of thiazole rings is 1. The number of Topliss-reactive ketones (excluding diaryl/α,β-unsaturated/α-hetero) is 1. The van der Waals surface area contributed by atoms with E-state index in [1.807, 2.05) is 25.3 Å². The van der Waals surface area contributed by atoms with E-state index in [1.165, 1.54) is 25.2 Å². The van der Waals surface area contributed by atoms with Gasteiger partial charge in [0.05, 0.1) is 48.0 Å². The first kappa shape index (κ1) is 31.5. The Hall–Kier alpha value is -1.69. The van der Waals surface area contributed by atoms with Crippen molar-refractivity contribution in [3.05, 3.63) is 21.7 Å². The van der Waals surface area contributed by atoms with Crippen molar-refractivity contribution in [1.29, 1.82) is 0 Å². The van der Waals surface area contributed by atoms with E-state index in [2.05, 4.69) is 11.9 Å². The second-order valence-electron chi connectivity index (χ2n) is 11.3. The van der Waals surface area contributed by atoms with Crippen LogP contribution in [0.15, 0.2) is 11.0 Å². The van der Waals surface area contributed by atoms with Crippen LogP contribution in [0.4, 0.5) is 0 Å². The second kappa shape index (κ2) is 12.9. The minimum absolute atomic E-state index is 0.0477. The second-order valence-corrected chi connectivity index (χ2v) is 12.3. The third kappa shape index (κ3) is 8.40. The molecule has 37 heavy (non-hydrogen) atoms. The van der Waals surface area contributed by atoms with Crippen LogP contribution in [0.25, 0.3) is 6.08 Å². The van der Waals surface area contributed by atoms with Crippen molar-refractivity contribution in [3.63, 3.8) is 0 Å². The maximum Gasteiger partial charge on any atom is 0.306 e. The summed E-state index contributed by atoms with van der Waals surface area (Å²) in [6, 6.07) is -0.168. The number of carbonyl (C=O) groups excluding carboxylic acids is 1. The van der Waals surface area contributed by atoms with E-state index in [1.54, 1.807) is 6.92 Å². The first-order valence-corrected chi connectivity index (χ1v) is 13.8. The molecule has 7 atom stereocenters. The average molecular weight is 541 g/mol. The molecule has 0 amide bonds. The van der Waals surface area contributed by atoms with Crippen molar-refractivity contribution in [3.8, 4) is 0 Å². The lowest BCUT2D eigenvalue weighted by Gasteiger charge is -2.34. The monoisotopic (exact) mass is 540 g/mol. The number of aliphatic hydroxyl groups excluding tert-OH is 3. The van der Waals surface area contributed by atoms with Gasteiger partial charge in [-0.3, -0.25) is 9.59 Å². The maximum atomic E-state index is 12.9. The Morgan fingerprint density at radius 3 is 2.54 bits per heavy atom. The van der Waals surface area contributed by atoms with Gasteiger partial charge in [0.15, 0.2) is 0 Å².